The van der Waals surface area contributed by atoms with Gasteiger partial charge in [-0.1, -0.05) is 49.0 Å². The van der Waals surface area contributed by atoms with Gasteiger partial charge in [-0.15, -0.1) is 36.0 Å². The van der Waals surface area contributed by atoms with Gasteiger partial charge in [0.15, 0.2) is 0 Å². The summed E-state index contributed by atoms with van der Waals surface area (Å²) in [4.78, 5) is 0. The summed E-state index contributed by atoms with van der Waals surface area (Å²) in [6.07, 6.45) is 5.58. The molecule has 0 spiro atoms. The van der Waals surface area contributed by atoms with Crippen LogP contribution in [-0.2, 0) is 0 Å². The summed E-state index contributed by atoms with van der Waals surface area (Å²) in [5, 5.41) is 0.884. The van der Waals surface area contributed by atoms with E-state index >= 15 is 0 Å². The first-order chi connectivity index (χ1) is 7.56. The molecule has 0 aromatic carbocycles. The van der Waals surface area contributed by atoms with E-state index in [-0.39, 0.29) is 14.3 Å². The minimum atomic E-state index is 0.218. The number of hydrogen-bond acceptors (Lipinski definition) is 0. The Bertz CT molecular complexity index is 166. The van der Waals surface area contributed by atoms with Gasteiger partial charge in [-0.05, 0) is 26.6 Å². The highest BCUT2D eigenvalue weighted by molar-refractivity contribution is 8.94. The molecule has 0 aliphatic rings. The predicted octanol–water partition coefficient (Wildman–Crippen LogP) is 6.84. The first-order valence-corrected chi connectivity index (χ1v) is 18.6. The quantitative estimate of drug-likeness (QED) is 0.390. The summed E-state index contributed by atoms with van der Waals surface area (Å²) in [6.45, 7) is 4.94. The lowest BCUT2D eigenvalue weighted by molar-refractivity contribution is 0.488. The largest absolute Gasteiger partial charge is 0.129 e. The van der Waals surface area contributed by atoms with Gasteiger partial charge in [0.2, 0.25) is 0 Å². The normalized spacial score (nSPS) is 20.6. The zero-order valence-corrected chi connectivity index (χ0v) is 18.6. The van der Waals surface area contributed by atoms with Crippen molar-refractivity contribution in [3.05, 3.63) is 0 Å². The van der Waals surface area contributed by atoms with Crippen LogP contribution < -0.4 is 0 Å². The Balaban J connectivity index is 4.04. The minimum absolute atomic E-state index is 0.218. The number of unbranched alkanes of at least 4 members (excludes halogenated alkanes) is 1. The highest BCUT2D eigenvalue weighted by Crippen LogP contribution is 2.95. The van der Waals surface area contributed by atoms with Gasteiger partial charge in [-0.2, -0.15) is 0 Å². The first-order valence-electron chi connectivity index (χ1n) is 5.58. The average molecular weight is 370 g/mol. The van der Waals surface area contributed by atoms with E-state index in [4.69, 9.17) is 0 Å². The topological polar surface area (TPSA) is 0 Å². The maximum Gasteiger partial charge on any atom is 0.00239 e. The number of hydrogen-bond donors (Lipinski definition) is 0. The summed E-state index contributed by atoms with van der Waals surface area (Å²) in [5.74, 6) is 0.912. The summed E-state index contributed by atoms with van der Waals surface area (Å²) >= 11 is 0. The van der Waals surface area contributed by atoms with Gasteiger partial charge >= 0.3 is 0 Å². The zero-order valence-electron chi connectivity index (χ0n) is 10.2. The molecule has 0 radical (unpaired) electrons. The van der Waals surface area contributed by atoms with Crippen molar-refractivity contribution in [1.29, 1.82) is 0 Å². The van der Waals surface area contributed by atoms with Crippen LogP contribution >= 0.6 is 66.2 Å². The van der Waals surface area contributed by atoms with Crippen LogP contribution in [0.3, 0.4) is 0 Å². The molecule has 0 aromatic rings. The van der Waals surface area contributed by atoms with Gasteiger partial charge < -0.3 is 0 Å². The third-order valence-electron chi connectivity index (χ3n) is 2.51. The lowest BCUT2D eigenvalue weighted by Crippen LogP contribution is -2.01. The molecule has 0 rings (SSSR count). The smallest absolute Gasteiger partial charge is 0.00239 e. The molecular formula is C8H26P8. The van der Waals surface area contributed by atoms with Crippen molar-refractivity contribution < 1.29 is 0 Å². The Kier molecular flexibility index (Phi) is 14.8. The van der Waals surface area contributed by atoms with Crippen molar-refractivity contribution in [2.75, 3.05) is 0 Å². The molecule has 0 nitrogen and oxygen atoms in total. The van der Waals surface area contributed by atoms with Crippen LogP contribution in [0.15, 0.2) is 0 Å². The summed E-state index contributed by atoms with van der Waals surface area (Å²) in [6, 6.07) is 0. The Hall–Kier alpha value is 3.44. The zero-order chi connectivity index (χ0) is 12.6. The third kappa shape index (κ3) is 8.58. The molecule has 0 saturated carbocycles. The first kappa shape index (κ1) is 19.4. The molecule has 16 heavy (non-hydrogen) atoms. The van der Waals surface area contributed by atoms with Crippen LogP contribution in [0.5, 0.6) is 0 Å². The molecule has 0 aromatic heterocycles. The van der Waals surface area contributed by atoms with Gasteiger partial charge in [0, 0.05) is 5.40 Å². The molecule has 0 N–H and O–H groups in total. The molecule has 0 saturated heterocycles. The van der Waals surface area contributed by atoms with E-state index in [1.807, 2.05) is 0 Å². The highest BCUT2D eigenvalue weighted by atomic mass is 33.0. The molecule has 0 heterocycles. The fourth-order valence-electron chi connectivity index (χ4n) is 1.56. The molecular weight excluding hydrogens is 344 g/mol. The third-order valence-corrected chi connectivity index (χ3v) is 37.0. The van der Waals surface area contributed by atoms with Gasteiger partial charge in [-0.25, -0.2) is 0 Å². The van der Waals surface area contributed by atoms with Gasteiger partial charge in [0.25, 0.3) is 0 Å². The van der Waals surface area contributed by atoms with E-state index in [2.05, 4.69) is 49.9 Å². The van der Waals surface area contributed by atoms with Crippen molar-refractivity contribution >= 4 is 66.2 Å². The van der Waals surface area contributed by atoms with Crippen molar-refractivity contribution in [2.24, 2.45) is 5.92 Å². The van der Waals surface area contributed by atoms with Crippen molar-refractivity contribution in [2.45, 2.75) is 44.9 Å². The van der Waals surface area contributed by atoms with Crippen molar-refractivity contribution in [3.63, 3.8) is 0 Å². The summed E-state index contributed by atoms with van der Waals surface area (Å²) < 4.78 is 0. The molecule has 0 amide bonds. The van der Waals surface area contributed by atoms with Crippen molar-refractivity contribution in [1.82, 2.24) is 0 Å². The Morgan fingerprint density at radius 3 is 2.31 bits per heavy atom. The fraction of sp³-hybridized carbons (Fsp3) is 1.00. The Labute approximate surface area is 117 Å². The summed E-state index contributed by atoms with van der Waals surface area (Å²) in [7, 11) is 14.6. The van der Waals surface area contributed by atoms with Crippen LogP contribution in [0.25, 0.3) is 0 Å². The van der Waals surface area contributed by atoms with E-state index < -0.39 is 0 Å². The van der Waals surface area contributed by atoms with Gasteiger partial charge in [0.05, 0.1) is 0 Å². The predicted molar refractivity (Wildman–Crippen MR) is 106 cm³/mol. The monoisotopic (exact) mass is 370 g/mol. The molecule has 0 fully saturated rings. The van der Waals surface area contributed by atoms with Crippen LogP contribution in [0.1, 0.15) is 39.5 Å². The second-order valence-corrected chi connectivity index (χ2v) is 26.3. The van der Waals surface area contributed by atoms with E-state index in [1.54, 1.807) is 0 Å². The molecule has 10 unspecified atom stereocenters. The lowest BCUT2D eigenvalue weighted by atomic mass is 10.0. The standard InChI is InChI=1S/C8H26P8/c1-3-4-5-7(2)6-8(9)15(13-10)16(12)14-11/h7-8,13-14H,3-6,9-12H2,1-2H3. The summed E-state index contributed by atoms with van der Waals surface area (Å²) in [5.41, 5.74) is 0. The molecule has 0 aliphatic carbocycles. The van der Waals surface area contributed by atoms with Crippen LogP contribution in [0.4, 0.5) is 0 Å². The molecule has 98 valence electrons. The van der Waals surface area contributed by atoms with E-state index in [0.717, 1.165) is 27.2 Å². The van der Waals surface area contributed by atoms with E-state index in [1.165, 1.54) is 25.7 Å². The fourth-order valence-corrected chi connectivity index (χ4v) is 40.7. The maximum atomic E-state index is 3.15. The molecule has 0 aliphatic heterocycles. The van der Waals surface area contributed by atoms with E-state index in [0.29, 0.717) is 0 Å². The molecule has 8 heteroatoms. The second-order valence-electron chi connectivity index (χ2n) is 4.00. The Morgan fingerprint density at radius 2 is 1.88 bits per heavy atom. The van der Waals surface area contributed by atoms with Crippen LogP contribution in [-0.4, -0.2) is 5.40 Å². The van der Waals surface area contributed by atoms with E-state index in [9.17, 15) is 0 Å². The van der Waals surface area contributed by atoms with Crippen LogP contribution in [0, 0.1) is 5.92 Å². The highest BCUT2D eigenvalue weighted by Gasteiger charge is 2.22. The minimum Gasteiger partial charge on any atom is -0.129 e. The SMILES string of the molecule is CCCCC(C)CC(P)P(PP)P(P)PP. The van der Waals surface area contributed by atoms with Crippen molar-refractivity contribution in [3.8, 4) is 0 Å². The molecule has 0 bridgehead atoms. The number of rotatable bonds is 9. The maximum absolute atomic E-state index is 3.15. The molecule has 10 atom stereocenters. The Morgan fingerprint density at radius 1 is 1.25 bits per heavy atom. The average Bonchev–Trinajstić information content (AvgIpc) is 2.26. The van der Waals surface area contributed by atoms with Gasteiger partial charge in [-0.3, -0.25) is 0 Å². The second kappa shape index (κ2) is 12.2. The lowest BCUT2D eigenvalue weighted by Gasteiger charge is -2.29. The van der Waals surface area contributed by atoms with Crippen LogP contribution in [0.2, 0.25) is 0 Å². The van der Waals surface area contributed by atoms with Gasteiger partial charge in [0.1, 0.15) is 0 Å².